The average molecular weight is 376 g/mol. The summed E-state index contributed by atoms with van der Waals surface area (Å²) < 4.78 is 4.68. The highest BCUT2D eigenvalue weighted by molar-refractivity contribution is 5.96. The number of rotatable bonds is 5. The largest absolute Gasteiger partial charge is 0.478 e. The summed E-state index contributed by atoms with van der Waals surface area (Å²) in [4.78, 5) is 21.6. The number of aromatic nitrogens is 2. The van der Waals surface area contributed by atoms with E-state index in [1.807, 2.05) is 24.3 Å². The lowest BCUT2D eigenvalue weighted by Crippen LogP contribution is -1.97. The second kappa shape index (κ2) is 6.80. The van der Waals surface area contributed by atoms with Crippen molar-refractivity contribution in [3.63, 3.8) is 0 Å². The maximum atomic E-state index is 11.1. The molecule has 3 aromatic carbocycles. The summed E-state index contributed by atoms with van der Waals surface area (Å²) in [5, 5.41) is 30.8. The number of carboxylic acid groups (broad SMARTS) is 1. The number of nitro benzene ring substituents is 1. The fourth-order valence-corrected chi connectivity index (χ4v) is 2.88. The van der Waals surface area contributed by atoms with Gasteiger partial charge < -0.3 is 10.4 Å². The quantitative estimate of drug-likeness (QED) is 0.390. The zero-order chi connectivity index (χ0) is 19.7. The molecule has 28 heavy (non-hydrogen) atoms. The van der Waals surface area contributed by atoms with Crippen molar-refractivity contribution in [2.24, 2.45) is 0 Å². The average Bonchev–Trinajstić information content (AvgIpc) is 3.19. The van der Waals surface area contributed by atoms with Gasteiger partial charge >= 0.3 is 11.7 Å². The van der Waals surface area contributed by atoms with Crippen LogP contribution in [0.2, 0.25) is 0 Å². The Morgan fingerprint density at radius 2 is 1.68 bits per heavy atom. The van der Waals surface area contributed by atoms with Gasteiger partial charge in [-0.25, -0.2) is 9.42 Å². The first kappa shape index (κ1) is 17.2. The fourth-order valence-electron chi connectivity index (χ4n) is 2.88. The van der Waals surface area contributed by atoms with Crippen molar-refractivity contribution in [3.05, 3.63) is 76.3 Å². The van der Waals surface area contributed by atoms with Crippen LogP contribution in [-0.4, -0.2) is 26.3 Å². The van der Waals surface area contributed by atoms with Crippen molar-refractivity contribution in [1.82, 2.24) is 10.3 Å². The van der Waals surface area contributed by atoms with E-state index in [1.165, 1.54) is 24.3 Å². The molecule has 0 bridgehead atoms. The number of nitrogens with one attached hydrogen (secondary N) is 1. The van der Waals surface area contributed by atoms with Crippen molar-refractivity contribution in [2.45, 2.75) is 0 Å². The number of benzene rings is 3. The Kier molecular flexibility index (Phi) is 4.17. The van der Waals surface area contributed by atoms with E-state index in [4.69, 9.17) is 5.11 Å². The minimum Gasteiger partial charge on any atom is -0.478 e. The van der Waals surface area contributed by atoms with Gasteiger partial charge in [0.1, 0.15) is 0 Å². The van der Waals surface area contributed by atoms with Gasteiger partial charge in [0, 0.05) is 17.3 Å². The van der Waals surface area contributed by atoms with Crippen molar-refractivity contribution in [2.75, 3.05) is 5.32 Å². The standard InChI is InChI=1S/C19H12N4O5/c24-19(25)12-7-5-11(6-8-12)13-3-1-2-4-14(13)20-15-9-10-16(23(26)27)18-17(15)21-28-22-18/h1-10,20H,(H,24,25). The van der Waals surface area contributed by atoms with E-state index in [0.29, 0.717) is 11.4 Å². The molecule has 0 amide bonds. The first-order valence-electron chi connectivity index (χ1n) is 8.14. The van der Waals surface area contributed by atoms with Gasteiger partial charge in [-0.15, -0.1) is 0 Å². The number of hydrogen-bond acceptors (Lipinski definition) is 7. The number of nitrogens with zero attached hydrogens (tertiary/aromatic N) is 3. The molecule has 9 heteroatoms. The number of carboxylic acids is 1. The van der Waals surface area contributed by atoms with Gasteiger partial charge in [0.25, 0.3) is 0 Å². The molecule has 9 nitrogen and oxygen atoms in total. The van der Waals surface area contributed by atoms with Crippen molar-refractivity contribution < 1.29 is 19.5 Å². The molecule has 138 valence electrons. The lowest BCUT2D eigenvalue weighted by molar-refractivity contribution is -0.383. The Morgan fingerprint density at radius 3 is 2.39 bits per heavy atom. The smallest absolute Gasteiger partial charge is 0.335 e. The minimum absolute atomic E-state index is 0.0540. The molecule has 0 spiro atoms. The molecular weight excluding hydrogens is 364 g/mol. The Morgan fingerprint density at radius 1 is 0.964 bits per heavy atom. The van der Waals surface area contributed by atoms with Crippen LogP contribution in [0.3, 0.4) is 0 Å². The molecule has 4 rings (SSSR count). The molecule has 1 heterocycles. The molecule has 0 aliphatic heterocycles. The monoisotopic (exact) mass is 376 g/mol. The molecule has 4 aromatic rings. The number of aromatic carboxylic acids is 1. The summed E-state index contributed by atoms with van der Waals surface area (Å²) in [5.74, 6) is -0.996. The van der Waals surface area contributed by atoms with E-state index < -0.39 is 10.9 Å². The van der Waals surface area contributed by atoms with Crippen molar-refractivity contribution in [3.8, 4) is 11.1 Å². The Labute approximate surface area is 157 Å². The predicted molar refractivity (Wildman–Crippen MR) is 101 cm³/mol. The third kappa shape index (κ3) is 3.01. The van der Waals surface area contributed by atoms with Gasteiger partial charge in [0.15, 0.2) is 5.52 Å². The lowest BCUT2D eigenvalue weighted by atomic mass is 10.0. The molecule has 0 radical (unpaired) electrons. The Hall–Kier alpha value is -4.27. The molecule has 0 saturated carbocycles. The third-order valence-corrected chi connectivity index (χ3v) is 4.23. The van der Waals surface area contributed by atoms with Gasteiger partial charge in [-0.2, -0.15) is 0 Å². The van der Waals surface area contributed by atoms with Gasteiger partial charge in [0.05, 0.1) is 16.2 Å². The fraction of sp³-hybridized carbons (Fsp3) is 0. The van der Waals surface area contributed by atoms with Gasteiger partial charge in [0.2, 0.25) is 5.52 Å². The second-order valence-corrected chi connectivity index (χ2v) is 5.90. The van der Waals surface area contributed by atoms with Crippen molar-refractivity contribution >= 4 is 34.1 Å². The summed E-state index contributed by atoms with van der Waals surface area (Å²) in [6, 6.07) is 16.8. The van der Waals surface area contributed by atoms with Crippen LogP contribution in [0, 0.1) is 10.1 Å². The molecule has 2 N–H and O–H groups in total. The summed E-state index contributed by atoms with van der Waals surface area (Å²) in [5.41, 5.74) is 3.13. The minimum atomic E-state index is -0.996. The Balaban J connectivity index is 1.75. The molecule has 0 fully saturated rings. The molecule has 0 unspecified atom stereocenters. The molecule has 1 aromatic heterocycles. The third-order valence-electron chi connectivity index (χ3n) is 4.23. The first-order chi connectivity index (χ1) is 13.5. The van der Waals surface area contributed by atoms with Crippen LogP contribution in [0.15, 0.2) is 65.3 Å². The normalized spacial score (nSPS) is 10.7. The first-order valence-corrected chi connectivity index (χ1v) is 8.14. The molecular formula is C19H12N4O5. The number of non-ortho nitro benzene ring substituents is 1. The van der Waals surface area contributed by atoms with Crippen LogP contribution in [0.25, 0.3) is 22.2 Å². The van der Waals surface area contributed by atoms with Crippen LogP contribution in [0.1, 0.15) is 10.4 Å². The predicted octanol–water partition coefficient (Wildman–Crippen LogP) is 4.24. The highest BCUT2D eigenvalue weighted by Gasteiger charge is 2.20. The number of para-hydroxylation sites is 1. The maximum Gasteiger partial charge on any atom is 0.335 e. The van der Waals surface area contributed by atoms with Crippen LogP contribution >= 0.6 is 0 Å². The summed E-state index contributed by atoms with van der Waals surface area (Å²) >= 11 is 0. The van der Waals surface area contributed by atoms with Gasteiger partial charge in [-0.1, -0.05) is 30.3 Å². The maximum absolute atomic E-state index is 11.1. The van der Waals surface area contributed by atoms with Crippen LogP contribution in [0.5, 0.6) is 0 Å². The van der Waals surface area contributed by atoms with Crippen LogP contribution < -0.4 is 5.32 Å². The lowest BCUT2D eigenvalue weighted by Gasteiger charge is -2.12. The SMILES string of the molecule is O=C(O)c1ccc(-c2ccccc2Nc2ccc([N+](=O)[O-])c3nonc23)cc1. The van der Waals surface area contributed by atoms with Gasteiger partial charge in [-0.05, 0) is 40.1 Å². The van der Waals surface area contributed by atoms with E-state index in [0.717, 1.165) is 11.1 Å². The number of anilines is 2. The second-order valence-electron chi connectivity index (χ2n) is 5.90. The topological polar surface area (TPSA) is 131 Å². The molecule has 0 aliphatic rings. The summed E-state index contributed by atoms with van der Waals surface area (Å²) in [7, 11) is 0. The molecule has 0 aliphatic carbocycles. The summed E-state index contributed by atoms with van der Waals surface area (Å²) in [6.45, 7) is 0. The van der Waals surface area contributed by atoms with E-state index in [1.54, 1.807) is 12.1 Å². The highest BCUT2D eigenvalue weighted by atomic mass is 16.6. The van der Waals surface area contributed by atoms with E-state index in [2.05, 4.69) is 20.3 Å². The molecule has 0 saturated heterocycles. The number of carbonyl (C=O) groups is 1. The zero-order valence-electron chi connectivity index (χ0n) is 14.2. The Bertz CT molecular complexity index is 1200. The van der Waals surface area contributed by atoms with Crippen molar-refractivity contribution in [1.29, 1.82) is 0 Å². The number of nitro groups is 1. The van der Waals surface area contributed by atoms with Crippen LogP contribution in [0.4, 0.5) is 17.1 Å². The number of hydrogen-bond donors (Lipinski definition) is 2. The summed E-state index contributed by atoms with van der Waals surface area (Å²) in [6.07, 6.45) is 0. The van der Waals surface area contributed by atoms with Gasteiger partial charge in [-0.3, -0.25) is 10.1 Å². The van der Waals surface area contributed by atoms with E-state index >= 15 is 0 Å². The van der Waals surface area contributed by atoms with E-state index in [-0.39, 0.29) is 22.3 Å². The highest BCUT2D eigenvalue weighted by Crippen LogP contribution is 2.34. The number of fused-ring (bicyclic) bond motifs is 1. The molecule has 0 atom stereocenters. The van der Waals surface area contributed by atoms with E-state index in [9.17, 15) is 14.9 Å². The van der Waals surface area contributed by atoms with Crippen LogP contribution in [-0.2, 0) is 0 Å². The zero-order valence-corrected chi connectivity index (χ0v) is 14.2.